The van der Waals surface area contributed by atoms with Gasteiger partial charge in [-0.15, -0.1) is 0 Å². The highest BCUT2D eigenvalue weighted by atomic mass is 28.3. The molecule has 0 radical (unpaired) electrons. The lowest BCUT2D eigenvalue weighted by atomic mass is 9.99. The Morgan fingerprint density at radius 2 is 1.94 bits per heavy atom. The molecule has 7 heteroatoms. The molecule has 4 aromatic rings. The fourth-order valence-electron chi connectivity index (χ4n) is 4.86. The van der Waals surface area contributed by atoms with Crippen molar-refractivity contribution < 1.29 is 9.53 Å². The highest BCUT2D eigenvalue weighted by Crippen LogP contribution is 2.47. The van der Waals surface area contributed by atoms with Crippen LogP contribution in [0, 0.1) is 6.92 Å². The molecular formula is C27H34N4O2Si. The van der Waals surface area contributed by atoms with Gasteiger partial charge in [0.25, 0.3) is 0 Å². The van der Waals surface area contributed by atoms with Crippen molar-refractivity contribution in [2.45, 2.75) is 57.6 Å². The fraction of sp³-hybridized carbons (Fsp3) is 0.407. The highest BCUT2D eigenvalue weighted by Gasteiger charge is 2.51. The molecule has 0 spiro atoms. The lowest BCUT2D eigenvalue weighted by molar-refractivity contribution is -0.120. The third-order valence-electron chi connectivity index (χ3n) is 7.37. The van der Waals surface area contributed by atoms with Gasteiger partial charge < -0.3 is 19.6 Å². The molecule has 0 unspecified atom stereocenters. The van der Waals surface area contributed by atoms with Crippen LogP contribution in [-0.2, 0) is 28.7 Å². The molecule has 178 valence electrons. The highest BCUT2D eigenvalue weighted by molar-refractivity contribution is 6.76. The summed E-state index contributed by atoms with van der Waals surface area (Å²) in [6, 6.07) is 12.0. The van der Waals surface area contributed by atoms with Crippen LogP contribution in [0.2, 0.25) is 25.7 Å². The minimum atomic E-state index is -1.09. The van der Waals surface area contributed by atoms with E-state index in [4.69, 9.17) is 10.5 Å². The number of nitrogens with two attached hydrogens (primary N) is 1. The molecule has 34 heavy (non-hydrogen) atoms. The number of benzene rings is 1. The zero-order valence-corrected chi connectivity index (χ0v) is 21.8. The Kier molecular flexibility index (Phi) is 5.45. The molecule has 0 bridgehead atoms. The SMILES string of the molecule is Cc1c(-c2cc3cc(C4(C(N)=O)CC4)ncc3n2C)ccc2c1ccn2COCC[Si](C)(C)C. The maximum atomic E-state index is 12.0. The number of rotatable bonds is 8. The Morgan fingerprint density at radius 1 is 1.18 bits per heavy atom. The third-order valence-corrected chi connectivity index (χ3v) is 9.07. The van der Waals surface area contributed by atoms with Crippen molar-refractivity contribution in [3.63, 3.8) is 0 Å². The summed E-state index contributed by atoms with van der Waals surface area (Å²) in [5, 5.41) is 2.32. The lowest BCUT2D eigenvalue weighted by Gasteiger charge is -2.16. The largest absolute Gasteiger partial charge is 0.369 e. The van der Waals surface area contributed by atoms with Gasteiger partial charge in [-0.3, -0.25) is 9.78 Å². The lowest BCUT2D eigenvalue weighted by Crippen LogP contribution is -2.29. The van der Waals surface area contributed by atoms with Crippen LogP contribution in [0.15, 0.2) is 42.7 Å². The maximum absolute atomic E-state index is 12.0. The number of aryl methyl sites for hydroxylation is 2. The third kappa shape index (κ3) is 3.86. The number of ether oxygens (including phenoxy) is 1. The molecule has 3 aromatic heterocycles. The van der Waals surface area contributed by atoms with Crippen LogP contribution in [0.5, 0.6) is 0 Å². The van der Waals surface area contributed by atoms with Gasteiger partial charge in [-0.2, -0.15) is 0 Å². The first-order valence-electron chi connectivity index (χ1n) is 12.0. The van der Waals surface area contributed by atoms with E-state index in [1.165, 1.54) is 28.1 Å². The number of nitrogens with zero attached hydrogens (tertiary/aromatic N) is 3. The van der Waals surface area contributed by atoms with Crippen LogP contribution in [0.4, 0.5) is 0 Å². The number of carbonyl (C=O) groups excluding carboxylic acids is 1. The number of pyridine rings is 1. The van der Waals surface area contributed by atoms with Crippen molar-refractivity contribution in [3.8, 4) is 11.3 Å². The van der Waals surface area contributed by atoms with Crippen LogP contribution in [0.1, 0.15) is 24.1 Å². The Hall–Kier alpha value is -2.90. The summed E-state index contributed by atoms with van der Waals surface area (Å²) in [7, 11) is 0.984. The van der Waals surface area contributed by atoms with Crippen molar-refractivity contribution in [1.82, 2.24) is 14.1 Å². The van der Waals surface area contributed by atoms with E-state index in [9.17, 15) is 4.79 Å². The van der Waals surface area contributed by atoms with Gasteiger partial charge in [0.05, 0.1) is 28.3 Å². The van der Waals surface area contributed by atoms with Gasteiger partial charge >= 0.3 is 0 Å². The van der Waals surface area contributed by atoms with E-state index >= 15 is 0 Å². The van der Waals surface area contributed by atoms with E-state index in [1.807, 2.05) is 12.3 Å². The van der Waals surface area contributed by atoms with E-state index in [0.29, 0.717) is 6.73 Å². The van der Waals surface area contributed by atoms with E-state index in [2.05, 4.69) is 78.2 Å². The molecule has 1 fully saturated rings. The first kappa shape index (κ1) is 22.9. The second-order valence-electron chi connectivity index (χ2n) is 11.0. The first-order chi connectivity index (χ1) is 16.1. The monoisotopic (exact) mass is 474 g/mol. The second kappa shape index (κ2) is 8.10. The van der Waals surface area contributed by atoms with Gasteiger partial charge in [-0.05, 0) is 55.6 Å². The standard InChI is InChI=1S/C27H34N4O2Si/c1-18-20(6-7-22-21(18)8-11-31(22)17-33-12-13-34(3,4)5)23-14-19-15-25(27(9-10-27)26(28)32)29-16-24(19)30(23)2/h6-8,11,14-16H,9-10,12-13,17H2,1-5H3,(H2,28,32). The minimum absolute atomic E-state index is 0.272. The van der Waals surface area contributed by atoms with E-state index in [0.717, 1.165) is 41.7 Å². The molecule has 1 aromatic carbocycles. The number of carbonyl (C=O) groups is 1. The first-order valence-corrected chi connectivity index (χ1v) is 15.7. The molecule has 0 atom stereocenters. The molecule has 0 aliphatic heterocycles. The number of aromatic nitrogens is 3. The summed E-state index contributed by atoms with van der Waals surface area (Å²) in [5.41, 5.74) is 11.7. The predicted octanol–water partition coefficient (Wildman–Crippen LogP) is 5.33. The van der Waals surface area contributed by atoms with E-state index in [1.54, 1.807) is 0 Å². The summed E-state index contributed by atoms with van der Waals surface area (Å²) < 4.78 is 10.4. The molecule has 2 N–H and O–H groups in total. The summed E-state index contributed by atoms with van der Waals surface area (Å²) >= 11 is 0. The van der Waals surface area contributed by atoms with Crippen LogP contribution >= 0.6 is 0 Å². The van der Waals surface area contributed by atoms with Gasteiger partial charge in [-0.1, -0.05) is 25.7 Å². The fourth-order valence-corrected chi connectivity index (χ4v) is 5.62. The zero-order valence-electron chi connectivity index (χ0n) is 20.8. The van der Waals surface area contributed by atoms with E-state index < -0.39 is 13.5 Å². The quantitative estimate of drug-likeness (QED) is 0.277. The zero-order chi connectivity index (χ0) is 24.3. The van der Waals surface area contributed by atoms with Crippen LogP contribution in [0.25, 0.3) is 33.1 Å². The molecule has 3 heterocycles. The Bertz CT molecular complexity index is 1410. The van der Waals surface area contributed by atoms with Gasteiger partial charge in [0.1, 0.15) is 6.73 Å². The predicted molar refractivity (Wildman–Crippen MR) is 141 cm³/mol. The summed E-state index contributed by atoms with van der Waals surface area (Å²) in [5.74, 6) is -0.272. The minimum Gasteiger partial charge on any atom is -0.369 e. The van der Waals surface area contributed by atoms with Crippen molar-refractivity contribution in [3.05, 3.63) is 54.0 Å². The summed E-state index contributed by atoms with van der Waals surface area (Å²) in [4.78, 5) is 16.6. The van der Waals surface area contributed by atoms with Crippen LogP contribution in [-0.4, -0.2) is 34.7 Å². The molecule has 1 aliphatic rings. The van der Waals surface area contributed by atoms with Crippen LogP contribution < -0.4 is 5.73 Å². The molecule has 1 aliphatic carbocycles. The number of primary amides is 1. The molecule has 1 saturated carbocycles. The average Bonchev–Trinajstić information content (AvgIpc) is 3.40. The average molecular weight is 475 g/mol. The molecule has 5 rings (SSSR count). The number of hydrogen-bond acceptors (Lipinski definition) is 3. The van der Waals surface area contributed by atoms with Gasteiger partial charge in [0, 0.05) is 50.0 Å². The van der Waals surface area contributed by atoms with Gasteiger partial charge in [-0.25, -0.2) is 0 Å². The Labute approximate surface area is 201 Å². The normalized spacial score (nSPS) is 15.3. The number of hydrogen-bond donors (Lipinski definition) is 1. The summed E-state index contributed by atoms with van der Waals surface area (Å²) in [6.07, 6.45) is 5.57. The Morgan fingerprint density at radius 3 is 2.62 bits per heavy atom. The maximum Gasteiger partial charge on any atom is 0.229 e. The summed E-state index contributed by atoms with van der Waals surface area (Å²) in [6.45, 7) is 10.7. The van der Waals surface area contributed by atoms with Crippen molar-refractivity contribution in [2.24, 2.45) is 12.8 Å². The molecular weight excluding hydrogens is 440 g/mol. The van der Waals surface area contributed by atoms with E-state index in [-0.39, 0.29) is 5.91 Å². The van der Waals surface area contributed by atoms with Crippen molar-refractivity contribution >= 4 is 35.8 Å². The number of fused-ring (bicyclic) bond motifs is 2. The van der Waals surface area contributed by atoms with Crippen molar-refractivity contribution in [1.29, 1.82) is 0 Å². The molecule has 6 nitrogen and oxygen atoms in total. The number of amides is 1. The van der Waals surface area contributed by atoms with Crippen LogP contribution in [0.3, 0.4) is 0 Å². The molecule has 1 amide bonds. The topological polar surface area (TPSA) is 75.1 Å². The Balaban J connectivity index is 1.46. The van der Waals surface area contributed by atoms with Gasteiger partial charge in [0.2, 0.25) is 5.91 Å². The second-order valence-corrected chi connectivity index (χ2v) is 16.6. The van der Waals surface area contributed by atoms with Crippen molar-refractivity contribution in [2.75, 3.05) is 6.61 Å². The smallest absolute Gasteiger partial charge is 0.229 e. The van der Waals surface area contributed by atoms with Gasteiger partial charge in [0.15, 0.2) is 0 Å². The molecule has 0 saturated heterocycles.